The van der Waals surface area contributed by atoms with Crippen molar-refractivity contribution in [2.24, 2.45) is 0 Å². The third kappa shape index (κ3) is 6.65. The highest BCUT2D eigenvalue weighted by atomic mass is 19.4. The molecule has 0 fully saturated rings. The number of hydrogen-bond acceptors (Lipinski definition) is 4. The van der Waals surface area contributed by atoms with Crippen LogP contribution in [0.5, 0.6) is 5.75 Å². The third-order valence-electron chi connectivity index (χ3n) is 4.62. The molecule has 0 radical (unpaired) electrons. The number of hydrogen-bond donors (Lipinski definition) is 0. The fourth-order valence-electron chi connectivity index (χ4n) is 3.28. The van der Waals surface area contributed by atoms with E-state index < -0.39 is 23.7 Å². The first-order valence-corrected chi connectivity index (χ1v) is 9.74. The Hall–Kier alpha value is -2.25. The predicted molar refractivity (Wildman–Crippen MR) is 102 cm³/mol. The fraction of sp³-hybridized carbons (Fsp3) is 0.619. The van der Waals surface area contributed by atoms with Crippen LogP contribution in [-0.2, 0) is 20.7 Å². The Bertz CT molecular complexity index is 740. The van der Waals surface area contributed by atoms with Gasteiger partial charge in [-0.05, 0) is 70.2 Å². The predicted octanol–water partition coefficient (Wildman–Crippen LogP) is 4.59. The first-order chi connectivity index (χ1) is 13.4. The van der Waals surface area contributed by atoms with Gasteiger partial charge in [0, 0.05) is 13.0 Å². The molecule has 2 rings (SSSR count). The number of unbranched alkanes of at least 4 members (excludes halogenated alkanes) is 1. The molecule has 0 saturated heterocycles. The molecular weight excluding hydrogens is 387 g/mol. The number of halogens is 3. The molecule has 0 saturated carbocycles. The van der Waals surface area contributed by atoms with Crippen molar-refractivity contribution < 1.29 is 32.2 Å². The molecule has 1 heterocycles. The van der Waals surface area contributed by atoms with Gasteiger partial charge in [-0.15, -0.1) is 0 Å². The summed E-state index contributed by atoms with van der Waals surface area (Å²) in [4.78, 5) is 24.2. The van der Waals surface area contributed by atoms with Gasteiger partial charge in [0.1, 0.15) is 11.4 Å². The van der Waals surface area contributed by atoms with E-state index in [1.54, 1.807) is 19.1 Å². The lowest BCUT2D eigenvalue weighted by molar-refractivity contribution is -0.188. The number of carbonyl (C=O) groups is 2. The Morgan fingerprint density at radius 2 is 1.86 bits per heavy atom. The van der Waals surface area contributed by atoms with Crippen molar-refractivity contribution in [3.05, 3.63) is 29.3 Å². The Morgan fingerprint density at radius 1 is 1.17 bits per heavy atom. The van der Waals surface area contributed by atoms with Gasteiger partial charge < -0.3 is 14.4 Å². The second-order valence-corrected chi connectivity index (χ2v) is 8.17. The van der Waals surface area contributed by atoms with Crippen molar-refractivity contribution in [3.8, 4) is 5.75 Å². The molecule has 162 valence electrons. The van der Waals surface area contributed by atoms with Gasteiger partial charge in [0.25, 0.3) is 0 Å². The monoisotopic (exact) mass is 415 g/mol. The fourth-order valence-corrected chi connectivity index (χ4v) is 3.28. The molecule has 1 unspecified atom stereocenters. The molecule has 29 heavy (non-hydrogen) atoms. The lowest BCUT2D eigenvalue weighted by Gasteiger charge is -2.35. The highest BCUT2D eigenvalue weighted by molar-refractivity contribution is 5.82. The number of nitrogens with zero attached hydrogens (tertiary/aromatic N) is 1. The maximum Gasteiger partial charge on any atom is 0.471 e. The summed E-state index contributed by atoms with van der Waals surface area (Å²) in [6.45, 7) is 7.45. The average molecular weight is 415 g/mol. The normalized spacial score (nSPS) is 16.9. The molecule has 0 aliphatic carbocycles. The van der Waals surface area contributed by atoms with E-state index in [2.05, 4.69) is 0 Å². The van der Waals surface area contributed by atoms with Crippen LogP contribution in [0.3, 0.4) is 0 Å². The summed E-state index contributed by atoms with van der Waals surface area (Å²) < 4.78 is 49.3. The zero-order valence-electron chi connectivity index (χ0n) is 17.3. The van der Waals surface area contributed by atoms with E-state index in [4.69, 9.17) is 9.47 Å². The van der Waals surface area contributed by atoms with Gasteiger partial charge in [0.05, 0.1) is 12.6 Å². The number of amides is 1. The van der Waals surface area contributed by atoms with E-state index in [-0.39, 0.29) is 12.5 Å². The number of benzene rings is 1. The van der Waals surface area contributed by atoms with Gasteiger partial charge in [-0.25, -0.2) is 0 Å². The minimum Gasteiger partial charge on any atom is -0.494 e. The molecule has 0 N–H and O–H groups in total. The number of rotatable bonds is 6. The summed E-state index contributed by atoms with van der Waals surface area (Å²) in [5.41, 5.74) is 1.08. The SMILES string of the molecule is CC1c2cc(OCCCCC(=O)OC(C)(C)C)ccc2CCN1C(=O)C(F)(F)F. The lowest BCUT2D eigenvalue weighted by atomic mass is 9.93. The smallest absolute Gasteiger partial charge is 0.471 e. The Morgan fingerprint density at radius 3 is 2.48 bits per heavy atom. The molecule has 5 nitrogen and oxygen atoms in total. The highest BCUT2D eigenvalue weighted by Gasteiger charge is 2.45. The van der Waals surface area contributed by atoms with Gasteiger partial charge >= 0.3 is 18.1 Å². The van der Waals surface area contributed by atoms with Crippen LogP contribution in [0.1, 0.15) is 64.1 Å². The molecule has 0 aromatic heterocycles. The second kappa shape index (κ2) is 9.05. The topological polar surface area (TPSA) is 55.8 Å². The van der Waals surface area contributed by atoms with Crippen molar-refractivity contribution in [3.63, 3.8) is 0 Å². The molecule has 1 aliphatic heterocycles. The molecule has 1 amide bonds. The minimum absolute atomic E-state index is 0.0391. The second-order valence-electron chi connectivity index (χ2n) is 8.17. The lowest BCUT2D eigenvalue weighted by Crippen LogP contribution is -2.45. The van der Waals surface area contributed by atoms with E-state index in [9.17, 15) is 22.8 Å². The number of fused-ring (bicyclic) bond motifs is 1. The van der Waals surface area contributed by atoms with Gasteiger partial charge in [0.2, 0.25) is 0 Å². The largest absolute Gasteiger partial charge is 0.494 e. The number of alkyl halides is 3. The highest BCUT2D eigenvalue weighted by Crippen LogP contribution is 2.34. The molecule has 0 bridgehead atoms. The minimum atomic E-state index is -4.88. The first-order valence-electron chi connectivity index (χ1n) is 9.74. The molecule has 1 aromatic carbocycles. The van der Waals surface area contributed by atoms with Crippen LogP contribution in [0.2, 0.25) is 0 Å². The molecule has 1 aromatic rings. The van der Waals surface area contributed by atoms with Crippen LogP contribution in [-0.4, -0.2) is 41.7 Å². The quantitative estimate of drug-likeness (QED) is 0.504. The summed E-state index contributed by atoms with van der Waals surface area (Å²) in [6.07, 6.45) is -2.95. The van der Waals surface area contributed by atoms with Crippen LogP contribution in [0.15, 0.2) is 18.2 Å². The molecule has 1 atom stereocenters. The summed E-state index contributed by atoms with van der Waals surface area (Å²) in [7, 11) is 0. The van der Waals surface area contributed by atoms with Gasteiger partial charge in [-0.2, -0.15) is 13.2 Å². The average Bonchev–Trinajstić information content (AvgIpc) is 2.59. The number of esters is 1. The van der Waals surface area contributed by atoms with Crippen molar-refractivity contribution in [1.82, 2.24) is 4.90 Å². The van der Waals surface area contributed by atoms with E-state index in [1.165, 1.54) is 0 Å². The van der Waals surface area contributed by atoms with Crippen LogP contribution < -0.4 is 4.74 Å². The van der Waals surface area contributed by atoms with Crippen molar-refractivity contribution in [2.75, 3.05) is 13.2 Å². The van der Waals surface area contributed by atoms with Crippen LogP contribution in [0.4, 0.5) is 13.2 Å². The van der Waals surface area contributed by atoms with Crippen molar-refractivity contribution in [2.45, 2.75) is 71.2 Å². The first kappa shape index (κ1) is 23.0. The van der Waals surface area contributed by atoms with E-state index >= 15 is 0 Å². The Balaban J connectivity index is 1.88. The van der Waals surface area contributed by atoms with Gasteiger partial charge in [-0.1, -0.05) is 6.07 Å². The maximum absolute atomic E-state index is 12.8. The number of carbonyl (C=O) groups excluding carboxylic acids is 2. The number of ether oxygens (including phenoxy) is 2. The molecular formula is C21H28F3NO4. The van der Waals surface area contributed by atoms with E-state index in [1.807, 2.05) is 26.8 Å². The van der Waals surface area contributed by atoms with E-state index in [0.29, 0.717) is 43.6 Å². The van der Waals surface area contributed by atoms with Crippen molar-refractivity contribution in [1.29, 1.82) is 0 Å². The molecule has 8 heteroatoms. The summed E-state index contributed by atoms with van der Waals surface area (Å²) in [6, 6.07) is 4.63. The van der Waals surface area contributed by atoms with Crippen LogP contribution >= 0.6 is 0 Å². The molecule has 0 spiro atoms. The maximum atomic E-state index is 12.8. The van der Waals surface area contributed by atoms with Crippen LogP contribution in [0, 0.1) is 0 Å². The zero-order chi connectivity index (χ0) is 21.8. The summed E-state index contributed by atoms with van der Waals surface area (Å²) >= 11 is 0. The summed E-state index contributed by atoms with van der Waals surface area (Å²) in [5, 5.41) is 0. The van der Waals surface area contributed by atoms with Crippen molar-refractivity contribution >= 4 is 11.9 Å². The Labute approximate surface area is 169 Å². The van der Waals surface area contributed by atoms with Gasteiger partial charge in [-0.3, -0.25) is 9.59 Å². The summed E-state index contributed by atoms with van der Waals surface area (Å²) in [5.74, 6) is -1.53. The Kier molecular flexibility index (Phi) is 7.19. The third-order valence-corrected chi connectivity index (χ3v) is 4.62. The zero-order valence-corrected chi connectivity index (χ0v) is 17.3. The molecule has 1 aliphatic rings. The standard InChI is InChI=1S/C21H28F3NO4/c1-14-17-13-16(28-12-6-5-7-18(26)29-20(2,3)4)9-8-15(17)10-11-25(14)19(27)21(22,23)24/h8-9,13-14H,5-7,10-12H2,1-4H3. The van der Waals surface area contributed by atoms with Gasteiger partial charge in [0.15, 0.2) is 0 Å². The van der Waals surface area contributed by atoms with E-state index in [0.717, 1.165) is 10.5 Å². The van der Waals surface area contributed by atoms with Crippen LogP contribution in [0.25, 0.3) is 0 Å².